The second-order valence-corrected chi connectivity index (χ2v) is 8.94. The lowest BCUT2D eigenvalue weighted by molar-refractivity contribution is -0.134. The summed E-state index contributed by atoms with van der Waals surface area (Å²) in [5.74, 6) is 0.105. The van der Waals surface area contributed by atoms with Gasteiger partial charge in [-0.1, -0.05) is 35.9 Å². The van der Waals surface area contributed by atoms with Crippen LogP contribution in [0, 0.1) is 13.8 Å². The molecule has 6 nitrogen and oxygen atoms in total. The summed E-state index contributed by atoms with van der Waals surface area (Å²) in [6, 6.07) is 13.8. The molecule has 0 aliphatic carbocycles. The van der Waals surface area contributed by atoms with Gasteiger partial charge in [0.15, 0.2) is 0 Å². The van der Waals surface area contributed by atoms with Gasteiger partial charge in [0.1, 0.15) is 6.04 Å². The molecule has 2 aromatic rings. The molecule has 0 bridgehead atoms. The van der Waals surface area contributed by atoms with Crippen LogP contribution in [0.1, 0.15) is 39.5 Å². The Balaban J connectivity index is 1.34. The van der Waals surface area contributed by atoms with E-state index in [2.05, 4.69) is 58.8 Å². The highest BCUT2D eigenvalue weighted by molar-refractivity contribution is 9.10. The monoisotopic (exact) mass is 470 g/mol. The normalized spacial score (nSPS) is 21.7. The zero-order chi connectivity index (χ0) is 21.3. The van der Waals surface area contributed by atoms with E-state index in [9.17, 15) is 9.59 Å². The second-order valence-electron chi connectivity index (χ2n) is 8.09. The van der Waals surface area contributed by atoms with Crippen molar-refractivity contribution in [3.63, 3.8) is 0 Å². The Bertz CT molecular complexity index is 956. The first-order valence-corrected chi connectivity index (χ1v) is 11.1. The van der Waals surface area contributed by atoms with Gasteiger partial charge in [-0.3, -0.25) is 9.59 Å². The summed E-state index contributed by atoms with van der Waals surface area (Å²) in [6.07, 6.45) is 0.721. The molecule has 158 valence electrons. The largest absolute Gasteiger partial charge is 0.338 e. The average Bonchev–Trinajstić information content (AvgIpc) is 3.23. The third kappa shape index (κ3) is 4.29. The minimum absolute atomic E-state index is 0.00476. The number of nitrogens with zero attached hydrogens (tertiary/aromatic N) is 2. The topological polar surface area (TPSA) is 64.7 Å². The van der Waals surface area contributed by atoms with Gasteiger partial charge in [0.2, 0.25) is 5.91 Å². The standard InChI is InChI=1S/C23H27BrN4O2/c1-15-7-8-17(16(2)13-15)20-14-21(26-25-20)23(30)28-11-9-27(10-12-28)22(29)18-5-3-4-6-19(18)24/h3-8,13,20-21,25-26H,9-12,14H2,1-2H3. The van der Waals surface area contributed by atoms with Gasteiger partial charge in [0, 0.05) is 36.7 Å². The van der Waals surface area contributed by atoms with E-state index in [0.29, 0.717) is 31.7 Å². The molecule has 7 heteroatoms. The van der Waals surface area contributed by atoms with Crippen molar-refractivity contribution in [2.24, 2.45) is 0 Å². The van der Waals surface area contributed by atoms with Crippen LogP contribution in [0.25, 0.3) is 0 Å². The molecule has 0 saturated carbocycles. The molecule has 0 aromatic heterocycles. The molecule has 2 fully saturated rings. The van der Waals surface area contributed by atoms with Gasteiger partial charge >= 0.3 is 0 Å². The molecule has 2 heterocycles. The fourth-order valence-corrected chi connectivity index (χ4v) is 4.75. The maximum Gasteiger partial charge on any atom is 0.255 e. The number of hydrogen-bond acceptors (Lipinski definition) is 4. The summed E-state index contributed by atoms with van der Waals surface area (Å²) in [6.45, 7) is 6.41. The summed E-state index contributed by atoms with van der Waals surface area (Å²) >= 11 is 3.45. The minimum atomic E-state index is -0.249. The Hall–Kier alpha value is -2.22. The molecule has 2 aromatic carbocycles. The summed E-state index contributed by atoms with van der Waals surface area (Å²) in [4.78, 5) is 29.5. The van der Waals surface area contributed by atoms with Gasteiger partial charge in [0.25, 0.3) is 5.91 Å². The van der Waals surface area contributed by atoms with Crippen molar-refractivity contribution < 1.29 is 9.59 Å². The highest BCUT2D eigenvalue weighted by Gasteiger charge is 2.35. The zero-order valence-electron chi connectivity index (χ0n) is 17.3. The molecule has 0 radical (unpaired) electrons. The van der Waals surface area contributed by atoms with E-state index in [4.69, 9.17) is 0 Å². The third-order valence-corrected chi connectivity index (χ3v) is 6.68. The van der Waals surface area contributed by atoms with Crippen molar-refractivity contribution >= 4 is 27.7 Å². The van der Waals surface area contributed by atoms with E-state index >= 15 is 0 Å². The number of piperazine rings is 1. The van der Waals surface area contributed by atoms with Crippen molar-refractivity contribution in [2.45, 2.75) is 32.4 Å². The molecular formula is C23H27BrN4O2. The second kappa shape index (κ2) is 8.88. The lowest BCUT2D eigenvalue weighted by Gasteiger charge is -2.36. The molecule has 2 N–H and O–H groups in total. The summed E-state index contributed by atoms with van der Waals surface area (Å²) in [5, 5.41) is 0. The van der Waals surface area contributed by atoms with Gasteiger partial charge < -0.3 is 9.80 Å². The predicted molar refractivity (Wildman–Crippen MR) is 120 cm³/mol. The molecule has 2 aliphatic rings. The van der Waals surface area contributed by atoms with Crippen LogP contribution in [0.4, 0.5) is 0 Å². The molecule has 30 heavy (non-hydrogen) atoms. The van der Waals surface area contributed by atoms with Gasteiger partial charge in [-0.25, -0.2) is 10.9 Å². The average molecular weight is 471 g/mol. The van der Waals surface area contributed by atoms with Crippen LogP contribution in [-0.4, -0.2) is 53.8 Å². The zero-order valence-corrected chi connectivity index (χ0v) is 18.9. The Labute approximate surface area is 185 Å². The van der Waals surface area contributed by atoms with Gasteiger partial charge in [0.05, 0.1) is 5.56 Å². The van der Waals surface area contributed by atoms with Crippen LogP contribution in [0.15, 0.2) is 46.9 Å². The number of rotatable bonds is 3. The summed E-state index contributed by atoms with van der Waals surface area (Å²) in [7, 11) is 0. The maximum absolute atomic E-state index is 13.0. The van der Waals surface area contributed by atoms with Gasteiger partial charge in [-0.15, -0.1) is 0 Å². The van der Waals surface area contributed by atoms with Crippen LogP contribution >= 0.6 is 15.9 Å². The van der Waals surface area contributed by atoms with Crippen LogP contribution in [-0.2, 0) is 4.79 Å². The number of amides is 2. The highest BCUT2D eigenvalue weighted by atomic mass is 79.9. The first kappa shape index (κ1) is 21.0. The lowest BCUT2D eigenvalue weighted by atomic mass is 9.96. The van der Waals surface area contributed by atoms with Crippen LogP contribution < -0.4 is 10.9 Å². The number of carbonyl (C=O) groups excluding carboxylic acids is 2. The van der Waals surface area contributed by atoms with Gasteiger partial charge in [-0.2, -0.15) is 0 Å². The van der Waals surface area contributed by atoms with E-state index in [0.717, 1.165) is 10.9 Å². The summed E-state index contributed by atoms with van der Waals surface area (Å²) < 4.78 is 0.798. The quantitative estimate of drug-likeness (QED) is 0.723. The Morgan fingerprint density at radius 1 is 0.967 bits per heavy atom. The van der Waals surface area contributed by atoms with E-state index in [1.807, 2.05) is 34.1 Å². The number of aryl methyl sites for hydroxylation is 2. The predicted octanol–water partition coefficient (Wildman–Crippen LogP) is 2.96. The third-order valence-electron chi connectivity index (χ3n) is 5.98. The van der Waals surface area contributed by atoms with Crippen molar-refractivity contribution in [3.05, 3.63) is 69.2 Å². The fraction of sp³-hybridized carbons (Fsp3) is 0.391. The van der Waals surface area contributed by atoms with Crippen molar-refractivity contribution in [2.75, 3.05) is 26.2 Å². The van der Waals surface area contributed by atoms with Crippen molar-refractivity contribution in [1.82, 2.24) is 20.7 Å². The van der Waals surface area contributed by atoms with E-state index < -0.39 is 0 Å². The maximum atomic E-state index is 13.0. The number of carbonyl (C=O) groups is 2. The van der Waals surface area contributed by atoms with Crippen LogP contribution in [0.3, 0.4) is 0 Å². The molecule has 2 saturated heterocycles. The Morgan fingerprint density at radius 3 is 2.37 bits per heavy atom. The minimum Gasteiger partial charge on any atom is -0.338 e. The molecule has 2 aliphatic heterocycles. The molecule has 0 spiro atoms. The first-order chi connectivity index (χ1) is 14.4. The molecule has 2 amide bonds. The number of halogens is 1. The fourth-order valence-electron chi connectivity index (χ4n) is 4.29. The lowest BCUT2D eigenvalue weighted by Crippen LogP contribution is -2.54. The van der Waals surface area contributed by atoms with Gasteiger partial charge in [-0.05, 0) is 59.5 Å². The number of hydrazine groups is 1. The summed E-state index contributed by atoms with van der Waals surface area (Å²) in [5.41, 5.74) is 10.8. The molecule has 2 unspecified atom stereocenters. The van der Waals surface area contributed by atoms with Crippen molar-refractivity contribution in [1.29, 1.82) is 0 Å². The molecule has 2 atom stereocenters. The number of hydrogen-bond donors (Lipinski definition) is 2. The van der Waals surface area contributed by atoms with E-state index in [1.54, 1.807) is 0 Å². The SMILES string of the molecule is Cc1ccc(C2CC(C(=O)N3CCN(C(=O)c4ccccc4Br)CC3)NN2)c(C)c1. The van der Waals surface area contributed by atoms with E-state index in [1.165, 1.54) is 16.7 Å². The first-order valence-electron chi connectivity index (χ1n) is 10.3. The van der Waals surface area contributed by atoms with Crippen LogP contribution in [0.2, 0.25) is 0 Å². The molecule has 4 rings (SSSR count). The van der Waals surface area contributed by atoms with E-state index in [-0.39, 0.29) is 23.9 Å². The Kier molecular flexibility index (Phi) is 6.22. The smallest absolute Gasteiger partial charge is 0.255 e. The number of nitrogens with one attached hydrogen (secondary N) is 2. The van der Waals surface area contributed by atoms with Crippen molar-refractivity contribution in [3.8, 4) is 0 Å². The Morgan fingerprint density at radius 2 is 1.67 bits per heavy atom. The molecular weight excluding hydrogens is 444 g/mol. The number of benzene rings is 2. The van der Waals surface area contributed by atoms with Crippen LogP contribution in [0.5, 0.6) is 0 Å². The highest BCUT2D eigenvalue weighted by Crippen LogP contribution is 2.27.